The minimum absolute atomic E-state index is 0.0410. The van der Waals surface area contributed by atoms with Crippen LogP contribution in [0, 0.1) is 40.4 Å². The van der Waals surface area contributed by atoms with Crippen LogP contribution >= 0.6 is 0 Å². The summed E-state index contributed by atoms with van der Waals surface area (Å²) in [6.45, 7) is 0. The number of nitriles is 1. The Morgan fingerprint density at radius 3 is 2.05 bits per heavy atom. The molecule has 0 atom stereocenters. The Balaban J connectivity index is 2.83. The lowest BCUT2D eigenvalue weighted by atomic mass is 10.0. The van der Waals surface area contributed by atoms with Crippen LogP contribution in [-0.2, 0) is 6.42 Å². The number of nitrogens with zero attached hydrogens (tertiary/aromatic N) is 2. The Labute approximate surface area is 115 Å². The molecule has 108 valence electrons. The molecule has 3 nitrogen and oxygen atoms in total. The molecule has 1 aromatic heterocycles. The number of hydrogen-bond acceptors (Lipinski definition) is 3. The van der Waals surface area contributed by atoms with E-state index < -0.39 is 40.3 Å². The van der Waals surface area contributed by atoms with E-state index in [9.17, 15) is 22.0 Å². The van der Waals surface area contributed by atoms with Gasteiger partial charge in [0.2, 0.25) is 5.82 Å². The summed E-state index contributed by atoms with van der Waals surface area (Å²) >= 11 is 0. The number of benzene rings is 1. The smallest absolute Gasteiger partial charge is 0.200 e. The maximum Gasteiger partial charge on any atom is 0.200 e. The van der Waals surface area contributed by atoms with Crippen molar-refractivity contribution in [3.05, 3.63) is 46.9 Å². The van der Waals surface area contributed by atoms with Crippen molar-refractivity contribution < 1.29 is 22.0 Å². The molecule has 2 N–H and O–H groups in total. The Morgan fingerprint density at radius 2 is 1.52 bits per heavy atom. The first-order valence-corrected chi connectivity index (χ1v) is 5.51. The van der Waals surface area contributed by atoms with Gasteiger partial charge in [0.1, 0.15) is 0 Å². The Kier molecular flexibility index (Phi) is 3.76. The van der Waals surface area contributed by atoms with Crippen LogP contribution < -0.4 is 5.73 Å². The van der Waals surface area contributed by atoms with E-state index in [0.29, 0.717) is 0 Å². The Bertz CT molecular complexity index is 738. The van der Waals surface area contributed by atoms with E-state index in [0.717, 1.165) is 6.20 Å². The Hall–Kier alpha value is -2.69. The maximum atomic E-state index is 13.7. The molecular formula is C13H6F5N3. The van der Waals surface area contributed by atoms with E-state index in [1.54, 1.807) is 6.07 Å². The molecule has 21 heavy (non-hydrogen) atoms. The molecule has 1 aromatic carbocycles. The van der Waals surface area contributed by atoms with Gasteiger partial charge in [0.25, 0.3) is 0 Å². The fourth-order valence-electron chi connectivity index (χ4n) is 1.79. The number of hydrogen-bond donors (Lipinski definition) is 1. The highest BCUT2D eigenvalue weighted by Crippen LogP contribution is 2.32. The van der Waals surface area contributed by atoms with Crippen molar-refractivity contribution in [2.45, 2.75) is 6.42 Å². The van der Waals surface area contributed by atoms with Crippen LogP contribution in [0.5, 0.6) is 0 Å². The minimum atomic E-state index is -2.26. The van der Waals surface area contributed by atoms with Crippen LogP contribution in [0.2, 0.25) is 0 Å². The van der Waals surface area contributed by atoms with Gasteiger partial charge in [0, 0.05) is 0 Å². The maximum absolute atomic E-state index is 13.7. The highest BCUT2D eigenvalue weighted by molar-refractivity contribution is 5.67. The molecule has 0 spiro atoms. The zero-order chi connectivity index (χ0) is 15.7. The van der Waals surface area contributed by atoms with Crippen molar-refractivity contribution in [1.29, 1.82) is 5.26 Å². The molecule has 0 aliphatic carbocycles. The molecule has 2 aromatic rings. The number of pyridine rings is 1. The lowest BCUT2D eigenvalue weighted by molar-refractivity contribution is 0.381. The molecule has 2 rings (SSSR count). The molecular weight excluding hydrogens is 293 g/mol. The second kappa shape index (κ2) is 5.36. The lowest BCUT2D eigenvalue weighted by Crippen LogP contribution is -2.07. The third-order valence-electron chi connectivity index (χ3n) is 2.70. The van der Waals surface area contributed by atoms with Crippen molar-refractivity contribution in [1.82, 2.24) is 4.98 Å². The molecule has 0 bridgehead atoms. The molecule has 0 aliphatic rings. The van der Waals surface area contributed by atoms with Gasteiger partial charge in [-0.2, -0.15) is 5.26 Å². The quantitative estimate of drug-likeness (QED) is 0.526. The fourth-order valence-corrected chi connectivity index (χ4v) is 1.79. The second-order valence-corrected chi connectivity index (χ2v) is 4.06. The van der Waals surface area contributed by atoms with Crippen LogP contribution in [0.15, 0.2) is 12.3 Å². The van der Waals surface area contributed by atoms with Gasteiger partial charge in [-0.25, -0.2) is 22.0 Å². The lowest BCUT2D eigenvalue weighted by Gasteiger charge is -2.11. The SMILES string of the molecule is N#CCc1cc(N)cnc1-c1c(F)c(F)c(F)c(F)c1F. The van der Waals surface area contributed by atoms with Gasteiger partial charge < -0.3 is 5.73 Å². The summed E-state index contributed by atoms with van der Waals surface area (Å²) in [5.74, 6) is -10.4. The molecule has 8 heteroatoms. The molecule has 0 saturated carbocycles. The average molecular weight is 299 g/mol. The van der Waals surface area contributed by atoms with E-state index >= 15 is 0 Å². The summed E-state index contributed by atoms with van der Waals surface area (Å²) in [6, 6.07) is 2.88. The highest BCUT2D eigenvalue weighted by Gasteiger charge is 2.28. The first-order valence-electron chi connectivity index (χ1n) is 5.51. The summed E-state index contributed by atoms with van der Waals surface area (Å²) in [4.78, 5) is 3.59. The van der Waals surface area contributed by atoms with Crippen LogP contribution in [0.4, 0.5) is 27.6 Å². The van der Waals surface area contributed by atoms with Crippen LogP contribution in [0.1, 0.15) is 5.56 Å². The molecule has 1 heterocycles. The van der Waals surface area contributed by atoms with E-state index in [-0.39, 0.29) is 17.7 Å². The number of aromatic nitrogens is 1. The topological polar surface area (TPSA) is 62.7 Å². The van der Waals surface area contributed by atoms with Crippen molar-refractivity contribution in [3.8, 4) is 17.3 Å². The van der Waals surface area contributed by atoms with Gasteiger partial charge in [0.05, 0.1) is 35.6 Å². The summed E-state index contributed by atoms with van der Waals surface area (Å²) in [6.07, 6.45) is 0.640. The van der Waals surface area contributed by atoms with Gasteiger partial charge in [0.15, 0.2) is 23.3 Å². The number of nitrogen functional groups attached to an aromatic ring is 1. The monoisotopic (exact) mass is 299 g/mol. The predicted octanol–water partition coefficient (Wildman–Crippen LogP) is 3.09. The van der Waals surface area contributed by atoms with E-state index in [1.807, 2.05) is 0 Å². The summed E-state index contributed by atoms with van der Waals surface area (Å²) in [5.41, 5.74) is 3.78. The van der Waals surface area contributed by atoms with Gasteiger partial charge in [-0.15, -0.1) is 0 Å². The summed E-state index contributed by atoms with van der Waals surface area (Å²) in [7, 11) is 0. The van der Waals surface area contributed by atoms with E-state index in [4.69, 9.17) is 11.0 Å². The zero-order valence-corrected chi connectivity index (χ0v) is 10.2. The number of rotatable bonds is 2. The van der Waals surface area contributed by atoms with Crippen molar-refractivity contribution in [2.75, 3.05) is 5.73 Å². The van der Waals surface area contributed by atoms with Crippen LogP contribution in [-0.4, -0.2) is 4.98 Å². The number of nitrogens with two attached hydrogens (primary N) is 1. The van der Waals surface area contributed by atoms with Gasteiger partial charge >= 0.3 is 0 Å². The van der Waals surface area contributed by atoms with E-state index in [1.165, 1.54) is 6.07 Å². The molecule has 0 amide bonds. The van der Waals surface area contributed by atoms with Crippen molar-refractivity contribution in [2.24, 2.45) is 0 Å². The standard InChI is InChI=1S/C13H6F5N3/c14-8-7(9(15)11(17)12(18)10(8)16)13-5(1-2-19)3-6(20)4-21-13/h3-4H,1,20H2. The first-order chi connectivity index (χ1) is 9.88. The average Bonchev–Trinajstić information content (AvgIpc) is 2.46. The molecule has 0 radical (unpaired) electrons. The van der Waals surface area contributed by atoms with Crippen LogP contribution in [0.25, 0.3) is 11.3 Å². The van der Waals surface area contributed by atoms with E-state index in [2.05, 4.69) is 4.98 Å². The van der Waals surface area contributed by atoms with Crippen molar-refractivity contribution >= 4 is 5.69 Å². The number of halogens is 5. The third-order valence-corrected chi connectivity index (χ3v) is 2.70. The largest absolute Gasteiger partial charge is 0.397 e. The highest BCUT2D eigenvalue weighted by atomic mass is 19.2. The third kappa shape index (κ3) is 2.38. The van der Waals surface area contributed by atoms with Gasteiger partial charge in [-0.1, -0.05) is 0 Å². The van der Waals surface area contributed by atoms with Gasteiger partial charge in [-0.3, -0.25) is 4.98 Å². The predicted molar refractivity (Wildman–Crippen MR) is 63.2 cm³/mol. The molecule has 0 aliphatic heterocycles. The van der Waals surface area contributed by atoms with Gasteiger partial charge in [-0.05, 0) is 11.6 Å². The normalized spacial score (nSPS) is 10.5. The first kappa shape index (κ1) is 14.7. The van der Waals surface area contributed by atoms with Crippen molar-refractivity contribution in [3.63, 3.8) is 0 Å². The minimum Gasteiger partial charge on any atom is -0.397 e. The number of anilines is 1. The fraction of sp³-hybridized carbons (Fsp3) is 0.0769. The van der Waals surface area contributed by atoms with Crippen LogP contribution in [0.3, 0.4) is 0 Å². The summed E-state index contributed by atoms with van der Waals surface area (Å²) < 4.78 is 66.9. The molecule has 0 unspecified atom stereocenters. The summed E-state index contributed by atoms with van der Waals surface area (Å²) in [5, 5.41) is 8.66. The molecule has 0 saturated heterocycles. The second-order valence-electron chi connectivity index (χ2n) is 4.06. The zero-order valence-electron chi connectivity index (χ0n) is 10.2. The Morgan fingerprint density at radius 1 is 1.00 bits per heavy atom. The molecule has 0 fully saturated rings.